The smallest absolute Gasteiger partial charge is 0.274 e. The van der Waals surface area contributed by atoms with Crippen molar-refractivity contribution in [3.8, 4) is 119 Å². The second-order valence-electron chi connectivity index (χ2n) is 32.5. The lowest BCUT2D eigenvalue weighted by molar-refractivity contribution is 0.0990. The fourth-order valence-electron chi connectivity index (χ4n) is 15.2. The average Bonchev–Trinajstić information content (AvgIpc) is 1.52. The Labute approximate surface area is 836 Å². The van der Waals surface area contributed by atoms with Crippen LogP contribution in [0.1, 0.15) is 79.9 Å². The molecular weight excluding hydrogens is 1860 g/mol. The number of hydrogen-bond donors (Lipinski definition) is 8. The first-order valence-corrected chi connectivity index (χ1v) is 45.2. The highest BCUT2D eigenvalue weighted by molar-refractivity contribution is 6.08. The average molecular weight is 1940 g/mol. The van der Waals surface area contributed by atoms with Crippen molar-refractivity contribution in [2.45, 2.75) is 6.42 Å². The van der Waals surface area contributed by atoms with E-state index in [9.17, 15) is 28.8 Å². The van der Waals surface area contributed by atoms with Crippen molar-refractivity contribution in [3.05, 3.63) is 393 Å². The molecule has 21 aromatic rings. The van der Waals surface area contributed by atoms with Gasteiger partial charge in [0.05, 0.1) is 102 Å². The lowest BCUT2D eigenvalue weighted by Crippen LogP contribution is -2.14. The molecule has 0 aliphatic heterocycles. The highest BCUT2D eigenvalue weighted by Crippen LogP contribution is 2.34. The molecule has 0 spiro atoms. The first-order valence-electron chi connectivity index (χ1n) is 45.2. The highest BCUT2D eigenvalue weighted by Gasteiger charge is 2.25. The van der Waals surface area contributed by atoms with Gasteiger partial charge in [-0.1, -0.05) is 72.8 Å². The maximum absolute atomic E-state index is 12.9. The van der Waals surface area contributed by atoms with Crippen molar-refractivity contribution in [1.82, 2.24) is 129 Å². The summed E-state index contributed by atoms with van der Waals surface area (Å²) in [4.78, 5) is 144. The minimum atomic E-state index is -0.635. The van der Waals surface area contributed by atoms with Gasteiger partial charge in [-0.2, -0.15) is 30.8 Å². The van der Waals surface area contributed by atoms with Crippen molar-refractivity contribution >= 4 is 86.8 Å². The predicted molar refractivity (Wildman–Crippen MR) is 552 cm³/mol. The number of aromatic nitrogens is 26. The monoisotopic (exact) mass is 1940 g/mol. The van der Waals surface area contributed by atoms with Gasteiger partial charge in [0.2, 0.25) is 0 Å². The van der Waals surface area contributed by atoms with Crippen molar-refractivity contribution in [3.63, 3.8) is 0 Å². The van der Waals surface area contributed by atoms with Crippen LogP contribution in [0.5, 0.6) is 0 Å². The van der Waals surface area contributed by atoms with Crippen LogP contribution >= 0.6 is 0 Å². The van der Waals surface area contributed by atoms with Gasteiger partial charge in [-0.25, -0.2) is 34.9 Å². The third-order valence-electron chi connectivity index (χ3n) is 22.0. The number of fused-ring (bicyclic) bond motifs is 2. The molecule has 21 aromatic heterocycles. The van der Waals surface area contributed by atoms with Crippen LogP contribution in [0.4, 0.5) is 34.3 Å². The van der Waals surface area contributed by atoms with Crippen LogP contribution in [0.3, 0.4) is 0 Å². The molecule has 0 fully saturated rings. The van der Waals surface area contributed by atoms with Crippen molar-refractivity contribution < 1.29 is 28.8 Å². The van der Waals surface area contributed by atoms with Crippen LogP contribution in [0.2, 0.25) is 0 Å². The second kappa shape index (κ2) is 44.2. The standard InChI is InChI=1S/C23H18N6O.C22H17N7O.C21H17N7O2.C21H15N7O.C20H17N7O/c1-29-14-21(22(28-29)19-7-2-3-11-24-19)27-23(30)20-10-5-9-18(26-20)16-12-15-6-4-8-17(15)25-13-16;1-29-13-20(21(28-29)17-5-2-3-9-23-17)27-22(30)18-7-4-6-15(26-18)14-11-19-16(25-12-14)8-10-24-19;1-28-12-18(19(27-28)15-5-2-3-9-23-15)26-21(30)16-7-4-6-14(25-16)13-8-10-24-17(11-13)20(22)29;1-28-13-19(20(27-28)17-5-2-3-9-24-17)26-21(29)18-7-4-6-16(25-18)14-8-10-23-15(11-14)12-22;1-27-12-17(19(26-27)15-5-2-3-10-22-15)25-20(28)16-7-4-6-14(24-16)13-8-9-18(21)23-11-13/h2-7,9-14H,8H2,1H3,(H,27,30);2-13,24H,1H3,(H,27,30);2-12H,1H3,(H2,22,29)(H,26,30);2-11,13H,1H3,(H,26,29);2-12H,1H3,(H2,21,23)(H,25,28). The van der Waals surface area contributed by atoms with Gasteiger partial charge in [0.1, 0.15) is 80.2 Å². The molecule has 40 heteroatoms. The van der Waals surface area contributed by atoms with Crippen LogP contribution < -0.4 is 38.1 Å². The van der Waals surface area contributed by atoms with E-state index >= 15 is 0 Å². The Morgan fingerprint density at radius 2 is 0.667 bits per heavy atom. The number of nitriles is 1. The summed E-state index contributed by atoms with van der Waals surface area (Å²) in [6, 6.07) is 71.8. The highest BCUT2D eigenvalue weighted by atomic mass is 16.2. The number of carbonyl (C=O) groups is 6. The van der Waals surface area contributed by atoms with Gasteiger partial charge < -0.3 is 43.0 Å². The fraction of sp³-hybridized carbons (Fsp3) is 0.0561. The summed E-state index contributed by atoms with van der Waals surface area (Å²) in [5.41, 5.74) is 32.6. The summed E-state index contributed by atoms with van der Waals surface area (Å²) in [6.07, 6.45) is 32.1. The number of aromatic amines is 1. The number of hydrogen-bond acceptors (Lipinski definition) is 28. The largest absolute Gasteiger partial charge is 0.384 e. The fourth-order valence-corrected chi connectivity index (χ4v) is 15.2. The molecule has 718 valence electrons. The summed E-state index contributed by atoms with van der Waals surface area (Å²) in [5.74, 6) is -1.94. The Hall–Kier alpha value is -21.3. The van der Waals surface area contributed by atoms with E-state index in [1.54, 1.807) is 230 Å². The van der Waals surface area contributed by atoms with Crippen LogP contribution in [-0.2, 0) is 41.7 Å². The molecule has 1 aliphatic carbocycles. The molecule has 147 heavy (non-hydrogen) atoms. The number of anilines is 6. The van der Waals surface area contributed by atoms with E-state index in [0.717, 1.165) is 45.4 Å². The van der Waals surface area contributed by atoms with E-state index < -0.39 is 11.8 Å². The van der Waals surface area contributed by atoms with Crippen LogP contribution in [-0.4, -0.2) is 164 Å². The molecule has 0 bridgehead atoms. The van der Waals surface area contributed by atoms with E-state index in [4.69, 9.17) is 16.7 Å². The number of nitrogen functional groups attached to an aromatic ring is 1. The molecule has 0 saturated heterocycles. The Morgan fingerprint density at radius 1 is 0.327 bits per heavy atom. The first kappa shape index (κ1) is 96.0. The number of nitrogens with one attached hydrogen (secondary N) is 6. The Bertz CT molecular complexity index is 8500. The molecule has 0 aromatic carbocycles. The number of carbonyl (C=O) groups excluding carboxylic acids is 6. The molecule has 10 N–H and O–H groups in total. The number of amides is 6. The maximum atomic E-state index is 12.9. The zero-order chi connectivity index (χ0) is 102. The molecule has 0 atom stereocenters. The Morgan fingerprint density at radius 3 is 1.02 bits per heavy atom. The number of H-pyrrole nitrogens is 1. The number of nitrogens with zero attached hydrogens (tertiary/aromatic N) is 26. The normalized spacial score (nSPS) is 10.9. The number of primary amides is 1. The van der Waals surface area contributed by atoms with Gasteiger partial charge in [0, 0.05) is 169 Å². The summed E-state index contributed by atoms with van der Waals surface area (Å²) in [7, 11) is 8.92. The summed E-state index contributed by atoms with van der Waals surface area (Å²) >= 11 is 0. The Kier molecular flexibility index (Phi) is 28.9. The summed E-state index contributed by atoms with van der Waals surface area (Å²) in [5, 5.41) is 45.5. The third-order valence-corrected chi connectivity index (χ3v) is 22.0. The van der Waals surface area contributed by atoms with Crippen molar-refractivity contribution in [2.75, 3.05) is 32.3 Å². The van der Waals surface area contributed by atoms with E-state index in [1.807, 2.05) is 146 Å². The van der Waals surface area contributed by atoms with Crippen molar-refractivity contribution in [1.29, 1.82) is 5.26 Å². The van der Waals surface area contributed by atoms with E-state index in [2.05, 4.69) is 150 Å². The van der Waals surface area contributed by atoms with E-state index in [-0.39, 0.29) is 52.1 Å². The Balaban J connectivity index is 0.000000120. The van der Waals surface area contributed by atoms with Gasteiger partial charge >= 0.3 is 0 Å². The van der Waals surface area contributed by atoms with Gasteiger partial charge in [0.15, 0.2) is 0 Å². The molecule has 0 radical (unpaired) electrons. The molecule has 0 saturated carbocycles. The van der Waals surface area contributed by atoms with Crippen molar-refractivity contribution in [2.24, 2.45) is 41.0 Å². The topological polar surface area (TPSA) is 537 Å². The molecule has 40 nitrogen and oxygen atoms in total. The zero-order valence-corrected chi connectivity index (χ0v) is 78.8. The van der Waals surface area contributed by atoms with Crippen LogP contribution in [0.25, 0.3) is 130 Å². The first-order chi connectivity index (χ1) is 71.6. The van der Waals surface area contributed by atoms with Gasteiger partial charge in [-0.05, 0) is 181 Å². The van der Waals surface area contributed by atoms with E-state index in [0.29, 0.717) is 142 Å². The zero-order valence-electron chi connectivity index (χ0n) is 78.8. The molecule has 6 amide bonds. The minimum Gasteiger partial charge on any atom is -0.384 e. The number of rotatable bonds is 21. The number of aryl methyl sites for hydroxylation is 5. The summed E-state index contributed by atoms with van der Waals surface area (Å²) < 4.78 is 8.13. The summed E-state index contributed by atoms with van der Waals surface area (Å²) in [6.45, 7) is 0. The molecule has 21 heterocycles. The SMILES string of the molecule is Cn1cc(NC(=O)c2cccc(-c3ccc(N)nc3)n2)c(-c2ccccn2)n1.Cn1cc(NC(=O)c2cccc(-c3ccnc(C#N)c3)n2)c(-c2ccccn2)n1.Cn1cc(NC(=O)c2cccc(-c3ccnc(C(N)=O)c3)n2)c(-c2ccccn2)n1.Cn1cc(NC(=O)c2cccc(-c3cnc4c(c3)C=CC4)n2)c(-c2ccccn2)n1.Cn1cc(NC(=O)c2cccc(-c3cnc4cc[nH]c4c3)n2)c(-c2ccccn2)n1. The van der Waals surface area contributed by atoms with Gasteiger partial charge in [-0.15, -0.1) is 0 Å². The molecule has 1 aliphatic rings. The molecule has 0 unspecified atom stereocenters. The van der Waals surface area contributed by atoms with Gasteiger partial charge in [0.25, 0.3) is 35.4 Å². The quantitative estimate of drug-likeness (QED) is 0.0331. The predicted octanol–water partition coefficient (Wildman–Crippen LogP) is 15.6. The van der Waals surface area contributed by atoms with Gasteiger partial charge in [-0.3, -0.25) is 92.0 Å². The lowest BCUT2D eigenvalue weighted by atomic mass is 10.1. The maximum Gasteiger partial charge on any atom is 0.274 e. The molecule has 22 rings (SSSR count). The second-order valence-corrected chi connectivity index (χ2v) is 32.5. The number of pyridine rings is 15. The minimum absolute atomic E-state index is 0.125. The van der Waals surface area contributed by atoms with Crippen LogP contribution in [0.15, 0.2) is 342 Å². The third kappa shape index (κ3) is 23.5. The number of nitrogens with two attached hydrogens (primary N) is 2. The number of allylic oxidation sites excluding steroid dienone is 1. The lowest BCUT2D eigenvalue weighted by Gasteiger charge is -2.07. The van der Waals surface area contributed by atoms with E-state index in [1.165, 1.54) is 18.5 Å². The van der Waals surface area contributed by atoms with Crippen LogP contribution in [0, 0.1) is 11.3 Å². The molecular formula is C107H84N34O6.